The van der Waals surface area contributed by atoms with Crippen molar-refractivity contribution in [1.82, 2.24) is 15.5 Å². The van der Waals surface area contributed by atoms with Crippen LogP contribution in [-0.2, 0) is 0 Å². The standard InChI is InChI=1S/C17H36N4/c1-5-21-13-9-16(10-14-21)8-12-20-17(18-4)19-11-6-7-15(2)3/h15-16H,5-14H2,1-4H3,(H2,18,19,20). The molecule has 0 bridgehead atoms. The third kappa shape index (κ3) is 8.30. The van der Waals surface area contributed by atoms with E-state index >= 15 is 0 Å². The van der Waals surface area contributed by atoms with Crippen LogP contribution in [0.3, 0.4) is 0 Å². The number of hydrogen-bond acceptors (Lipinski definition) is 2. The van der Waals surface area contributed by atoms with E-state index in [9.17, 15) is 0 Å². The number of nitrogens with one attached hydrogen (secondary N) is 2. The van der Waals surface area contributed by atoms with Gasteiger partial charge in [-0.1, -0.05) is 20.8 Å². The summed E-state index contributed by atoms with van der Waals surface area (Å²) in [6.07, 6.45) is 6.48. The van der Waals surface area contributed by atoms with Crippen molar-refractivity contribution in [3.05, 3.63) is 0 Å². The molecule has 0 aromatic carbocycles. The Hall–Kier alpha value is -0.770. The van der Waals surface area contributed by atoms with Crippen molar-refractivity contribution in [1.29, 1.82) is 0 Å². The van der Waals surface area contributed by atoms with Crippen LogP contribution in [0.1, 0.15) is 52.9 Å². The van der Waals surface area contributed by atoms with E-state index in [-0.39, 0.29) is 0 Å². The number of rotatable bonds is 8. The molecule has 124 valence electrons. The predicted molar refractivity (Wildman–Crippen MR) is 92.9 cm³/mol. The van der Waals surface area contributed by atoms with Crippen molar-refractivity contribution in [3.63, 3.8) is 0 Å². The average Bonchev–Trinajstić information content (AvgIpc) is 2.50. The molecule has 4 nitrogen and oxygen atoms in total. The maximum absolute atomic E-state index is 4.30. The van der Waals surface area contributed by atoms with Crippen LogP contribution in [0.25, 0.3) is 0 Å². The average molecular weight is 297 g/mol. The van der Waals surface area contributed by atoms with E-state index in [4.69, 9.17) is 0 Å². The van der Waals surface area contributed by atoms with Crippen molar-refractivity contribution in [2.45, 2.75) is 52.9 Å². The van der Waals surface area contributed by atoms with Gasteiger partial charge in [-0.05, 0) is 63.6 Å². The lowest BCUT2D eigenvalue weighted by Gasteiger charge is -2.31. The summed E-state index contributed by atoms with van der Waals surface area (Å²) in [5.41, 5.74) is 0. The summed E-state index contributed by atoms with van der Waals surface area (Å²) in [5, 5.41) is 6.86. The fourth-order valence-corrected chi connectivity index (χ4v) is 2.92. The second-order valence-corrected chi connectivity index (χ2v) is 6.63. The molecule has 0 amide bonds. The topological polar surface area (TPSA) is 39.7 Å². The molecule has 1 saturated heterocycles. The summed E-state index contributed by atoms with van der Waals surface area (Å²) in [5.74, 6) is 2.64. The first-order valence-electron chi connectivity index (χ1n) is 8.82. The highest BCUT2D eigenvalue weighted by Crippen LogP contribution is 2.19. The molecule has 4 heteroatoms. The number of piperidine rings is 1. The van der Waals surface area contributed by atoms with E-state index < -0.39 is 0 Å². The Kier molecular flexibility index (Phi) is 9.48. The Morgan fingerprint density at radius 2 is 1.86 bits per heavy atom. The normalized spacial score (nSPS) is 18.2. The zero-order chi connectivity index (χ0) is 15.5. The molecule has 0 unspecified atom stereocenters. The second-order valence-electron chi connectivity index (χ2n) is 6.63. The molecule has 1 heterocycles. The fourth-order valence-electron chi connectivity index (χ4n) is 2.92. The van der Waals surface area contributed by atoms with Crippen LogP contribution in [-0.4, -0.2) is 50.6 Å². The predicted octanol–water partition coefficient (Wildman–Crippen LogP) is 2.71. The summed E-state index contributed by atoms with van der Waals surface area (Å²) in [6.45, 7) is 12.6. The smallest absolute Gasteiger partial charge is 0.190 e. The van der Waals surface area contributed by atoms with E-state index in [0.29, 0.717) is 0 Å². The van der Waals surface area contributed by atoms with Gasteiger partial charge in [0.25, 0.3) is 0 Å². The quantitative estimate of drug-likeness (QED) is 0.411. The van der Waals surface area contributed by atoms with Gasteiger partial charge in [0.05, 0.1) is 0 Å². The number of likely N-dealkylation sites (tertiary alicyclic amines) is 1. The van der Waals surface area contributed by atoms with Gasteiger partial charge in [-0.15, -0.1) is 0 Å². The lowest BCUT2D eigenvalue weighted by molar-refractivity contribution is 0.187. The molecule has 0 aromatic heterocycles. The summed E-state index contributed by atoms with van der Waals surface area (Å²) in [4.78, 5) is 6.85. The van der Waals surface area contributed by atoms with Crippen LogP contribution in [0.2, 0.25) is 0 Å². The van der Waals surface area contributed by atoms with Gasteiger partial charge < -0.3 is 15.5 Å². The first-order chi connectivity index (χ1) is 10.2. The third-order valence-corrected chi connectivity index (χ3v) is 4.47. The van der Waals surface area contributed by atoms with Gasteiger partial charge in [0.2, 0.25) is 0 Å². The van der Waals surface area contributed by atoms with Crippen LogP contribution >= 0.6 is 0 Å². The Morgan fingerprint density at radius 1 is 1.19 bits per heavy atom. The Bertz CT molecular complexity index is 281. The molecule has 21 heavy (non-hydrogen) atoms. The van der Waals surface area contributed by atoms with Gasteiger partial charge in [-0.25, -0.2) is 0 Å². The van der Waals surface area contributed by atoms with Crippen LogP contribution < -0.4 is 10.6 Å². The van der Waals surface area contributed by atoms with E-state index in [1.807, 2.05) is 7.05 Å². The van der Waals surface area contributed by atoms with Gasteiger partial charge >= 0.3 is 0 Å². The van der Waals surface area contributed by atoms with Crippen LogP contribution in [0.4, 0.5) is 0 Å². The maximum Gasteiger partial charge on any atom is 0.190 e. The molecule has 1 fully saturated rings. The summed E-state index contributed by atoms with van der Waals surface area (Å²) in [6, 6.07) is 0. The van der Waals surface area contributed by atoms with Gasteiger partial charge in [0.15, 0.2) is 5.96 Å². The highest BCUT2D eigenvalue weighted by atomic mass is 15.2. The zero-order valence-corrected chi connectivity index (χ0v) is 14.6. The Morgan fingerprint density at radius 3 is 2.43 bits per heavy atom. The highest BCUT2D eigenvalue weighted by Gasteiger charge is 2.17. The molecule has 0 aromatic rings. The van der Waals surface area contributed by atoms with Crippen molar-refractivity contribution >= 4 is 5.96 Å². The molecule has 0 saturated carbocycles. The number of guanidine groups is 1. The van der Waals surface area contributed by atoms with Crippen LogP contribution in [0, 0.1) is 11.8 Å². The molecule has 2 N–H and O–H groups in total. The lowest BCUT2D eigenvalue weighted by Crippen LogP contribution is -2.39. The maximum atomic E-state index is 4.30. The van der Waals surface area contributed by atoms with Gasteiger partial charge in [-0.2, -0.15) is 0 Å². The zero-order valence-electron chi connectivity index (χ0n) is 14.6. The van der Waals surface area contributed by atoms with Crippen molar-refractivity contribution in [2.24, 2.45) is 16.8 Å². The first-order valence-corrected chi connectivity index (χ1v) is 8.82. The third-order valence-electron chi connectivity index (χ3n) is 4.47. The highest BCUT2D eigenvalue weighted by molar-refractivity contribution is 5.79. The van der Waals surface area contributed by atoms with Crippen LogP contribution in [0.15, 0.2) is 4.99 Å². The molecular formula is C17H36N4. The summed E-state index contributed by atoms with van der Waals surface area (Å²) in [7, 11) is 1.86. The van der Waals surface area contributed by atoms with E-state index in [1.165, 1.54) is 51.7 Å². The molecular weight excluding hydrogens is 260 g/mol. The fraction of sp³-hybridized carbons (Fsp3) is 0.941. The van der Waals surface area contributed by atoms with E-state index in [0.717, 1.165) is 30.9 Å². The van der Waals surface area contributed by atoms with Gasteiger partial charge in [-0.3, -0.25) is 4.99 Å². The SMILES string of the molecule is CCN1CCC(CCNC(=NC)NCCCC(C)C)CC1. The minimum absolute atomic E-state index is 0.788. The molecule has 0 atom stereocenters. The largest absolute Gasteiger partial charge is 0.356 e. The first kappa shape index (κ1) is 18.3. The molecule has 1 aliphatic heterocycles. The number of nitrogens with zero attached hydrogens (tertiary/aromatic N) is 2. The Balaban J connectivity index is 2.07. The summed E-state index contributed by atoms with van der Waals surface area (Å²) < 4.78 is 0. The Labute approximate surface area is 131 Å². The van der Waals surface area contributed by atoms with E-state index in [2.05, 4.69) is 41.3 Å². The number of aliphatic imine (C=N–C) groups is 1. The second kappa shape index (κ2) is 10.9. The molecule has 0 aliphatic carbocycles. The van der Waals surface area contributed by atoms with Gasteiger partial charge in [0, 0.05) is 20.1 Å². The van der Waals surface area contributed by atoms with Crippen molar-refractivity contribution < 1.29 is 0 Å². The number of hydrogen-bond donors (Lipinski definition) is 2. The van der Waals surface area contributed by atoms with Crippen molar-refractivity contribution in [2.75, 3.05) is 39.8 Å². The molecule has 0 radical (unpaired) electrons. The van der Waals surface area contributed by atoms with E-state index in [1.54, 1.807) is 0 Å². The minimum atomic E-state index is 0.788. The lowest BCUT2D eigenvalue weighted by atomic mass is 9.93. The summed E-state index contributed by atoms with van der Waals surface area (Å²) >= 11 is 0. The molecule has 1 rings (SSSR count). The minimum Gasteiger partial charge on any atom is -0.356 e. The molecule has 1 aliphatic rings. The molecule has 0 spiro atoms. The monoisotopic (exact) mass is 296 g/mol. The van der Waals surface area contributed by atoms with Gasteiger partial charge in [0.1, 0.15) is 0 Å². The van der Waals surface area contributed by atoms with Crippen molar-refractivity contribution in [3.8, 4) is 0 Å². The van der Waals surface area contributed by atoms with Crippen LogP contribution in [0.5, 0.6) is 0 Å².